The minimum atomic E-state index is -0.348. The molecule has 0 radical (unpaired) electrons. The Morgan fingerprint density at radius 2 is 2.00 bits per heavy atom. The van der Waals surface area contributed by atoms with Crippen LogP contribution in [-0.4, -0.2) is 34.9 Å². The number of carbonyl (C=O) groups excluding carboxylic acids is 1. The summed E-state index contributed by atoms with van der Waals surface area (Å²) in [6, 6.07) is 3.81. The predicted molar refractivity (Wildman–Crippen MR) is 95.3 cm³/mol. The van der Waals surface area contributed by atoms with E-state index in [-0.39, 0.29) is 12.3 Å². The van der Waals surface area contributed by atoms with Crippen molar-refractivity contribution in [2.45, 2.75) is 23.8 Å². The van der Waals surface area contributed by atoms with Crippen LogP contribution in [-0.2, 0) is 24.0 Å². The van der Waals surface area contributed by atoms with Gasteiger partial charge in [-0.25, -0.2) is 0 Å². The standard InChI is InChI=1S/C15H19BrN4O3S/c1-20-14(5-4-13(17)21)18-19-15(20)24-8-9-6-12(23-3)10(16)7-11(9)22-2/h6-7H,4-5,8H2,1-3H3,(H2,17,21). The lowest BCUT2D eigenvalue weighted by molar-refractivity contribution is -0.118. The third-order valence-corrected chi connectivity index (χ3v) is 5.12. The van der Waals surface area contributed by atoms with Gasteiger partial charge in [-0.05, 0) is 28.1 Å². The average Bonchev–Trinajstić information content (AvgIpc) is 2.91. The molecule has 0 bridgehead atoms. The molecule has 7 nitrogen and oxygen atoms in total. The molecule has 2 aromatic rings. The monoisotopic (exact) mass is 414 g/mol. The molecule has 0 aliphatic carbocycles. The van der Waals surface area contributed by atoms with Crippen molar-refractivity contribution in [3.8, 4) is 11.5 Å². The van der Waals surface area contributed by atoms with E-state index in [0.717, 1.165) is 32.5 Å². The van der Waals surface area contributed by atoms with E-state index in [9.17, 15) is 4.79 Å². The molecular weight excluding hydrogens is 396 g/mol. The van der Waals surface area contributed by atoms with Gasteiger partial charge in [-0.2, -0.15) is 0 Å². The summed E-state index contributed by atoms with van der Waals surface area (Å²) in [4.78, 5) is 10.9. The Kier molecular flexibility index (Phi) is 6.50. The molecule has 0 fully saturated rings. The van der Waals surface area contributed by atoms with Crippen molar-refractivity contribution in [2.75, 3.05) is 14.2 Å². The van der Waals surface area contributed by atoms with Gasteiger partial charge < -0.3 is 19.8 Å². The molecule has 0 saturated carbocycles. The zero-order valence-electron chi connectivity index (χ0n) is 13.7. The Hall–Kier alpha value is -1.74. The van der Waals surface area contributed by atoms with Crippen molar-refractivity contribution < 1.29 is 14.3 Å². The third kappa shape index (κ3) is 4.41. The fourth-order valence-corrected chi connectivity index (χ4v) is 3.49. The Labute approximate surface area is 153 Å². The molecule has 0 atom stereocenters. The molecule has 0 unspecified atom stereocenters. The fourth-order valence-electron chi connectivity index (χ4n) is 2.10. The van der Waals surface area contributed by atoms with E-state index in [2.05, 4.69) is 26.1 Å². The lowest BCUT2D eigenvalue weighted by Gasteiger charge is -2.12. The molecule has 0 aliphatic rings. The number of rotatable bonds is 8. The molecule has 130 valence electrons. The number of halogens is 1. The quantitative estimate of drug-likeness (QED) is 0.666. The van der Waals surface area contributed by atoms with E-state index in [1.807, 2.05) is 23.7 Å². The van der Waals surface area contributed by atoms with Crippen LogP contribution < -0.4 is 15.2 Å². The van der Waals surface area contributed by atoms with Gasteiger partial charge >= 0.3 is 0 Å². The number of nitrogens with two attached hydrogens (primary N) is 1. The number of nitrogens with zero attached hydrogens (tertiary/aromatic N) is 3. The van der Waals surface area contributed by atoms with Crippen LogP contribution in [0.15, 0.2) is 21.8 Å². The minimum Gasteiger partial charge on any atom is -0.496 e. The maximum absolute atomic E-state index is 10.9. The highest BCUT2D eigenvalue weighted by Gasteiger charge is 2.14. The van der Waals surface area contributed by atoms with Gasteiger partial charge in [0.15, 0.2) is 5.16 Å². The Morgan fingerprint density at radius 1 is 1.29 bits per heavy atom. The van der Waals surface area contributed by atoms with Crippen LogP contribution in [0, 0.1) is 0 Å². The van der Waals surface area contributed by atoms with Crippen LogP contribution in [0.5, 0.6) is 11.5 Å². The normalized spacial score (nSPS) is 10.7. The number of carbonyl (C=O) groups is 1. The third-order valence-electron chi connectivity index (χ3n) is 3.43. The number of primary amides is 1. The number of hydrogen-bond donors (Lipinski definition) is 1. The molecule has 1 heterocycles. The summed E-state index contributed by atoms with van der Waals surface area (Å²) in [7, 11) is 5.13. The Morgan fingerprint density at radius 3 is 2.62 bits per heavy atom. The van der Waals surface area contributed by atoms with Crippen LogP contribution >= 0.6 is 27.7 Å². The molecule has 9 heteroatoms. The van der Waals surface area contributed by atoms with E-state index in [1.165, 1.54) is 11.8 Å². The number of amides is 1. The van der Waals surface area contributed by atoms with Gasteiger partial charge in [0.2, 0.25) is 5.91 Å². The summed E-state index contributed by atoms with van der Waals surface area (Å²) in [6.45, 7) is 0. The van der Waals surface area contributed by atoms with E-state index in [1.54, 1.807) is 14.2 Å². The predicted octanol–water partition coefficient (Wildman–Crippen LogP) is 2.30. The van der Waals surface area contributed by atoms with Gasteiger partial charge in [-0.1, -0.05) is 11.8 Å². The highest BCUT2D eigenvalue weighted by molar-refractivity contribution is 9.10. The second-order valence-corrected chi connectivity index (χ2v) is 6.81. The van der Waals surface area contributed by atoms with E-state index in [4.69, 9.17) is 15.2 Å². The molecule has 0 aliphatic heterocycles. The molecule has 24 heavy (non-hydrogen) atoms. The Balaban J connectivity index is 2.12. The number of methoxy groups -OCH3 is 2. The van der Waals surface area contributed by atoms with Gasteiger partial charge in [0.25, 0.3) is 0 Å². The first-order chi connectivity index (χ1) is 11.5. The van der Waals surface area contributed by atoms with Gasteiger partial charge in [0, 0.05) is 31.2 Å². The highest BCUT2D eigenvalue weighted by Crippen LogP contribution is 2.35. The lowest BCUT2D eigenvalue weighted by Crippen LogP contribution is -2.12. The SMILES string of the molecule is COc1cc(CSc2nnc(CCC(N)=O)n2C)c(OC)cc1Br. The first-order valence-corrected chi connectivity index (χ1v) is 8.93. The van der Waals surface area contributed by atoms with Gasteiger partial charge in [-0.3, -0.25) is 4.79 Å². The first kappa shape index (κ1) is 18.6. The van der Waals surface area contributed by atoms with Gasteiger partial charge in [0.1, 0.15) is 17.3 Å². The van der Waals surface area contributed by atoms with Crippen LogP contribution in [0.1, 0.15) is 17.8 Å². The number of benzene rings is 1. The molecule has 0 saturated heterocycles. The van der Waals surface area contributed by atoms with Crippen LogP contribution in [0.3, 0.4) is 0 Å². The maximum atomic E-state index is 10.9. The maximum Gasteiger partial charge on any atom is 0.217 e. The summed E-state index contributed by atoms with van der Waals surface area (Å²) in [5.74, 6) is 2.54. The summed E-state index contributed by atoms with van der Waals surface area (Å²) in [5, 5.41) is 9.04. The van der Waals surface area contributed by atoms with E-state index >= 15 is 0 Å². The number of ether oxygens (including phenoxy) is 2. The minimum absolute atomic E-state index is 0.258. The smallest absolute Gasteiger partial charge is 0.217 e. The van der Waals surface area contributed by atoms with Gasteiger partial charge in [-0.15, -0.1) is 10.2 Å². The van der Waals surface area contributed by atoms with E-state index < -0.39 is 0 Å². The van der Waals surface area contributed by atoms with Gasteiger partial charge in [0.05, 0.1) is 18.7 Å². The van der Waals surface area contributed by atoms with Crippen molar-refractivity contribution in [3.63, 3.8) is 0 Å². The zero-order chi connectivity index (χ0) is 17.7. The lowest BCUT2D eigenvalue weighted by atomic mass is 10.2. The summed E-state index contributed by atoms with van der Waals surface area (Å²) in [5.41, 5.74) is 6.16. The fraction of sp³-hybridized carbons (Fsp3) is 0.400. The molecule has 1 amide bonds. The van der Waals surface area contributed by atoms with Crippen molar-refractivity contribution in [1.82, 2.24) is 14.8 Å². The summed E-state index contributed by atoms with van der Waals surface area (Å²) in [6.07, 6.45) is 0.739. The number of thioether (sulfide) groups is 1. The van der Waals surface area contributed by atoms with Crippen LogP contribution in [0.25, 0.3) is 0 Å². The van der Waals surface area contributed by atoms with Crippen molar-refractivity contribution >= 4 is 33.6 Å². The number of aromatic nitrogens is 3. The molecule has 2 rings (SSSR count). The second kappa shape index (κ2) is 8.39. The summed E-state index contributed by atoms with van der Waals surface area (Å²) >= 11 is 4.98. The molecule has 0 spiro atoms. The van der Waals surface area contributed by atoms with Crippen molar-refractivity contribution in [2.24, 2.45) is 12.8 Å². The van der Waals surface area contributed by atoms with Crippen molar-refractivity contribution in [3.05, 3.63) is 28.0 Å². The molecule has 1 aromatic heterocycles. The van der Waals surface area contributed by atoms with Crippen molar-refractivity contribution in [1.29, 1.82) is 0 Å². The van der Waals surface area contributed by atoms with Crippen LogP contribution in [0.2, 0.25) is 0 Å². The molecule has 1 aromatic carbocycles. The topological polar surface area (TPSA) is 92.3 Å². The summed E-state index contributed by atoms with van der Waals surface area (Å²) < 4.78 is 13.5. The van der Waals surface area contributed by atoms with E-state index in [0.29, 0.717) is 12.2 Å². The largest absolute Gasteiger partial charge is 0.496 e. The average molecular weight is 415 g/mol. The molecular formula is C15H19BrN4O3S. The molecule has 2 N–H and O–H groups in total. The highest BCUT2D eigenvalue weighted by atomic mass is 79.9. The second-order valence-electron chi connectivity index (χ2n) is 5.01. The number of aryl methyl sites for hydroxylation is 1. The Bertz CT molecular complexity index is 736. The van der Waals surface area contributed by atoms with Crippen LogP contribution in [0.4, 0.5) is 0 Å². The first-order valence-electron chi connectivity index (χ1n) is 7.16. The zero-order valence-corrected chi connectivity index (χ0v) is 16.1. The number of hydrogen-bond acceptors (Lipinski definition) is 6.